The van der Waals surface area contributed by atoms with E-state index in [4.69, 9.17) is 0 Å². The minimum atomic E-state index is -4.07. The fourth-order valence-electron chi connectivity index (χ4n) is 2.18. The number of hydrogen-bond donors (Lipinski definition) is 1. The molecule has 0 spiro atoms. The summed E-state index contributed by atoms with van der Waals surface area (Å²) in [5.74, 6) is 0. The molecule has 0 aliphatic rings. The van der Waals surface area contributed by atoms with Crippen LogP contribution in [0.5, 0.6) is 0 Å². The molecule has 114 valence electrons. The Labute approximate surface area is 127 Å². The first kappa shape index (κ1) is 17.5. The van der Waals surface area contributed by atoms with E-state index in [1.165, 1.54) is 0 Å². The van der Waals surface area contributed by atoms with Gasteiger partial charge in [0.2, 0.25) is 0 Å². The highest BCUT2D eigenvalue weighted by molar-refractivity contribution is 9.10. The van der Waals surface area contributed by atoms with Gasteiger partial charge in [-0.1, -0.05) is 28.9 Å². The third kappa shape index (κ3) is 6.27. The van der Waals surface area contributed by atoms with Crippen LogP contribution >= 0.6 is 15.9 Å². The summed E-state index contributed by atoms with van der Waals surface area (Å²) in [4.78, 5) is 0. The summed E-state index contributed by atoms with van der Waals surface area (Å²) in [7, 11) is 0. The molecule has 0 radical (unpaired) electrons. The molecule has 1 atom stereocenters. The number of halogens is 4. The quantitative estimate of drug-likeness (QED) is 0.680. The summed E-state index contributed by atoms with van der Waals surface area (Å²) in [6.07, 6.45) is -3.18. The van der Waals surface area contributed by atoms with Gasteiger partial charge < -0.3 is 5.32 Å². The van der Waals surface area contributed by atoms with E-state index in [1.54, 1.807) is 0 Å². The van der Waals surface area contributed by atoms with Gasteiger partial charge in [-0.05, 0) is 56.0 Å². The first-order chi connectivity index (χ1) is 9.33. The molecule has 20 heavy (non-hydrogen) atoms. The van der Waals surface area contributed by atoms with Crippen molar-refractivity contribution in [3.63, 3.8) is 0 Å². The van der Waals surface area contributed by atoms with Crippen LogP contribution in [-0.2, 0) is 0 Å². The van der Waals surface area contributed by atoms with Crippen LogP contribution in [0.4, 0.5) is 13.2 Å². The average molecular weight is 352 g/mol. The lowest BCUT2D eigenvalue weighted by atomic mass is 9.96. The Morgan fingerprint density at radius 1 is 1.30 bits per heavy atom. The fourth-order valence-corrected chi connectivity index (χ4v) is 2.56. The van der Waals surface area contributed by atoms with Crippen molar-refractivity contribution in [2.75, 3.05) is 6.54 Å². The van der Waals surface area contributed by atoms with E-state index in [-0.39, 0.29) is 12.5 Å². The Hall–Kier alpha value is -0.550. The van der Waals surface area contributed by atoms with E-state index in [9.17, 15) is 13.2 Å². The van der Waals surface area contributed by atoms with Crippen LogP contribution in [0, 0.1) is 6.92 Å². The zero-order valence-electron chi connectivity index (χ0n) is 11.9. The first-order valence-corrected chi connectivity index (χ1v) is 7.69. The van der Waals surface area contributed by atoms with Crippen LogP contribution in [0.25, 0.3) is 0 Å². The molecule has 0 aliphatic heterocycles. The summed E-state index contributed by atoms with van der Waals surface area (Å²) in [6.45, 7) is 4.85. The van der Waals surface area contributed by atoms with Crippen molar-refractivity contribution >= 4 is 15.9 Å². The third-order valence-corrected chi connectivity index (χ3v) is 3.70. The topological polar surface area (TPSA) is 12.0 Å². The summed E-state index contributed by atoms with van der Waals surface area (Å²) in [5, 5.41) is 3.35. The van der Waals surface area contributed by atoms with Gasteiger partial charge in [-0.25, -0.2) is 0 Å². The van der Waals surface area contributed by atoms with Crippen molar-refractivity contribution in [3.8, 4) is 0 Å². The van der Waals surface area contributed by atoms with Gasteiger partial charge in [0.25, 0.3) is 0 Å². The maximum Gasteiger partial charge on any atom is 0.389 e. The molecule has 1 rings (SSSR count). The lowest BCUT2D eigenvalue weighted by Crippen LogP contribution is -2.23. The highest BCUT2D eigenvalue weighted by atomic mass is 79.9. The van der Waals surface area contributed by atoms with Gasteiger partial charge in [0, 0.05) is 16.9 Å². The fraction of sp³-hybridized carbons (Fsp3) is 0.600. The van der Waals surface area contributed by atoms with Crippen LogP contribution in [0.1, 0.15) is 49.8 Å². The van der Waals surface area contributed by atoms with Gasteiger partial charge in [0.1, 0.15) is 0 Å². The van der Waals surface area contributed by atoms with E-state index in [0.29, 0.717) is 6.42 Å². The predicted octanol–water partition coefficient (Wildman–Crippen LogP) is 5.53. The van der Waals surface area contributed by atoms with E-state index < -0.39 is 12.6 Å². The minimum absolute atomic E-state index is 0.0187. The van der Waals surface area contributed by atoms with Gasteiger partial charge in [0.15, 0.2) is 0 Å². The second kappa shape index (κ2) is 8.03. The van der Waals surface area contributed by atoms with Gasteiger partial charge >= 0.3 is 6.18 Å². The Balaban J connectivity index is 2.75. The van der Waals surface area contributed by atoms with Crippen LogP contribution in [0.3, 0.4) is 0 Å². The van der Waals surface area contributed by atoms with E-state index in [0.717, 1.165) is 28.6 Å². The maximum absolute atomic E-state index is 12.3. The zero-order chi connectivity index (χ0) is 15.2. The number of nitrogens with one attached hydrogen (secondary N) is 1. The van der Waals surface area contributed by atoms with Crippen LogP contribution in [0.15, 0.2) is 22.7 Å². The molecule has 0 amide bonds. The standard InChI is InChI=1S/C15H21BrF3N/c1-3-9-20-14(5-4-8-15(17,18)19)13-10-12(16)7-6-11(13)2/h6-7,10,14,20H,3-5,8-9H2,1-2H3. The molecule has 0 aliphatic carbocycles. The largest absolute Gasteiger partial charge is 0.389 e. The number of hydrogen-bond acceptors (Lipinski definition) is 1. The normalized spacial score (nSPS) is 13.5. The third-order valence-electron chi connectivity index (χ3n) is 3.21. The number of rotatable bonds is 7. The highest BCUT2D eigenvalue weighted by Gasteiger charge is 2.27. The van der Waals surface area contributed by atoms with Crippen molar-refractivity contribution in [1.29, 1.82) is 0 Å². The molecule has 5 heteroatoms. The lowest BCUT2D eigenvalue weighted by molar-refractivity contribution is -0.135. The van der Waals surface area contributed by atoms with Gasteiger partial charge in [-0.3, -0.25) is 0 Å². The van der Waals surface area contributed by atoms with Crippen LogP contribution in [-0.4, -0.2) is 12.7 Å². The first-order valence-electron chi connectivity index (χ1n) is 6.89. The minimum Gasteiger partial charge on any atom is -0.310 e. The Kier molecular flexibility index (Phi) is 7.03. The molecule has 0 aromatic heterocycles. The van der Waals surface area contributed by atoms with Gasteiger partial charge in [0.05, 0.1) is 0 Å². The molecule has 0 fully saturated rings. The van der Waals surface area contributed by atoms with Crippen LogP contribution in [0.2, 0.25) is 0 Å². The Morgan fingerprint density at radius 2 is 2.00 bits per heavy atom. The van der Waals surface area contributed by atoms with Crippen molar-refractivity contribution in [2.45, 2.75) is 51.7 Å². The predicted molar refractivity (Wildman–Crippen MR) is 79.8 cm³/mol. The molecular formula is C15H21BrF3N. The highest BCUT2D eigenvalue weighted by Crippen LogP contribution is 2.29. The second-order valence-electron chi connectivity index (χ2n) is 5.02. The van der Waals surface area contributed by atoms with E-state index in [1.807, 2.05) is 32.0 Å². The van der Waals surface area contributed by atoms with Gasteiger partial charge in [-0.2, -0.15) is 13.2 Å². The molecule has 1 aromatic carbocycles. The molecule has 1 N–H and O–H groups in total. The maximum atomic E-state index is 12.3. The van der Waals surface area contributed by atoms with Crippen molar-refractivity contribution < 1.29 is 13.2 Å². The molecule has 1 aromatic rings. The number of aryl methyl sites for hydroxylation is 1. The summed E-state index contributed by atoms with van der Waals surface area (Å²) in [6, 6.07) is 5.92. The molecular weight excluding hydrogens is 331 g/mol. The monoisotopic (exact) mass is 351 g/mol. The molecule has 1 unspecified atom stereocenters. The molecule has 0 saturated carbocycles. The summed E-state index contributed by atoms with van der Waals surface area (Å²) < 4.78 is 37.8. The lowest BCUT2D eigenvalue weighted by Gasteiger charge is -2.21. The van der Waals surface area contributed by atoms with Crippen molar-refractivity contribution in [3.05, 3.63) is 33.8 Å². The number of alkyl halides is 3. The summed E-state index contributed by atoms with van der Waals surface area (Å²) in [5.41, 5.74) is 2.18. The molecule has 0 saturated heterocycles. The van der Waals surface area contributed by atoms with Gasteiger partial charge in [-0.15, -0.1) is 0 Å². The Morgan fingerprint density at radius 3 is 2.60 bits per heavy atom. The average Bonchev–Trinajstić information content (AvgIpc) is 2.35. The molecule has 1 nitrogen and oxygen atoms in total. The van der Waals surface area contributed by atoms with E-state index in [2.05, 4.69) is 21.2 Å². The summed E-state index contributed by atoms with van der Waals surface area (Å²) >= 11 is 3.42. The second-order valence-corrected chi connectivity index (χ2v) is 5.93. The smallest absolute Gasteiger partial charge is 0.310 e. The zero-order valence-corrected chi connectivity index (χ0v) is 13.4. The van der Waals surface area contributed by atoms with E-state index >= 15 is 0 Å². The van der Waals surface area contributed by atoms with Crippen molar-refractivity contribution in [2.24, 2.45) is 0 Å². The molecule has 0 bridgehead atoms. The molecule has 0 heterocycles. The number of benzene rings is 1. The Bertz CT molecular complexity index is 418. The van der Waals surface area contributed by atoms with Crippen molar-refractivity contribution in [1.82, 2.24) is 5.32 Å². The van der Waals surface area contributed by atoms with Crippen LogP contribution < -0.4 is 5.32 Å². The SMILES string of the molecule is CCCNC(CCCC(F)(F)F)c1cc(Br)ccc1C.